The Kier molecular flexibility index (Phi) is 5.77. The number of hydrogen-bond donors (Lipinski definition) is 0. The molecule has 0 aliphatic heterocycles. The van der Waals surface area contributed by atoms with E-state index in [1.165, 1.54) is 6.42 Å². The van der Waals surface area contributed by atoms with Crippen molar-refractivity contribution in [2.45, 2.75) is 57.2 Å². The largest absolute Gasteiger partial charge is 0.411 e. The fourth-order valence-electron chi connectivity index (χ4n) is 2.45. The van der Waals surface area contributed by atoms with Crippen molar-refractivity contribution in [1.29, 1.82) is 0 Å². The molecule has 1 rings (SSSR count). The van der Waals surface area contributed by atoms with Crippen LogP contribution in [0.3, 0.4) is 0 Å². The minimum Gasteiger partial charge on any atom is -0.365 e. The van der Waals surface area contributed by atoms with Crippen molar-refractivity contribution in [3.8, 4) is 0 Å². The predicted molar refractivity (Wildman–Crippen MR) is 65.4 cm³/mol. The maximum absolute atomic E-state index is 12.2. The Morgan fingerprint density at radius 3 is 2.29 bits per heavy atom. The maximum atomic E-state index is 12.2. The number of rotatable bonds is 5. The Morgan fingerprint density at radius 1 is 1.29 bits per heavy atom. The topological polar surface area (TPSA) is 9.23 Å². The number of ether oxygens (including phenoxy) is 1. The van der Waals surface area contributed by atoms with Gasteiger partial charge in [-0.05, 0) is 31.6 Å². The van der Waals surface area contributed by atoms with Gasteiger partial charge < -0.3 is 4.74 Å². The molecule has 0 heterocycles. The second-order valence-electron chi connectivity index (χ2n) is 4.95. The van der Waals surface area contributed by atoms with Gasteiger partial charge in [0.2, 0.25) is 0 Å². The van der Waals surface area contributed by atoms with Crippen molar-refractivity contribution in [3.63, 3.8) is 0 Å². The molecule has 0 spiro atoms. The van der Waals surface area contributed by atoms with Crippen LogP contribution in [0.5, 0.6) is 0 Å². The highest BCUT2D eigenvalue weighted by Gasteiger charge is 2.39. The van der Waals surface area contributed by atoms with Gasteiger partial charge in [0.15, 0.2) is 0 Å². The highest BCUT2D eigenvalue weighted by Crippen LogP contribution is 2.38. The molecular formula is C12H20BrF3O. The summed E-state index contributed by atoms with van der Waals surface area (Å²) in [5.41, 5.74) is -0.597. The van der Waals surface area contributed by atoms with Crippen LogP contribution in [0, 0.1) is 5.92 Å². The van der Waals surface area contributed by atoms with Crippen LogP contribution in [0.15, 0.2) is 0 Å². The van der Waals surface area contributed by atoms with Crippen LogP contribution in [0.25, 0.3) is 0 Å². The molecule has 0 N–H and O–H groups in total. The van der Waals surface area contributed by atoms with Gasteiger partial charge in [0.25, 0.3) is 0 Å². The third kappa shape index (κ3) is 5.16. The molecule has 5 heteroatoms. The summed E-state index contributed by atoms with van der Waals surface area (Å²) in [6.07, 6.45) is 1.54. The van der Waals surface area contributed by atoms with E-state index >= 15 is 0 Å². The average Bonchev–Trinajstić information content (AvgIpc) is 2.28. The van der Waals surface area contributed by atoms with Gasteiger partial charge in [0, 0.05) is 5.33 Å². The van der Waals surface area contributed by atoms with Gasteiger partial charge in [-0.25, -0.2) is 0 Å². The Hall–Kier alpha value is 0.230. The summed E-state index contributed by atoms with van der Waals surface area (Å²) in [5, 5.41) is 0.495. The summed E-state index contributed by atoms with van der Waals surface area (Å²) >= 11 is 3.30. The van der Waals surface area contributed by atoms with Crippen molar-refractivity contribution >= 4 is 15.9 Å². The van der Waals surface area contributed by atoms with Crippen LogP contribution in [0.1, 0.15) is 45.4 Å². The first-order valence-electron chi connectivity index (χ1n) is 6.17. The Labute approximate surface area is 109 Å². The van der Waals surface area contributed by atoms with Crippen molar-refractivity contribution < 1.29 is 17.9 Å². The number of halogens is 4. The first-order chi connectivity index (χ1) is 7.91. The molecule has 0 aromatic heterocycles. The molecule has 1 aliphatic rings. The molecular weight excluding hydrogens is 297 g/mol. The lowest BCUT2D eigenvalue weighted by Crippen LogP contribution is -2.41. The second kappa shape index (κ2) is 6.41. The van der Waals surface area contributed by atoms with E-state index in [2.05, 4.69) is 22.9 Å². The molecule has 1 fully saturated rings. The summed E-state index contributed by atoms with van der Waals surface area (Å²) < 4.78 is 41.7. The minimum atomic E-state index is -4.23. The second-order valence-corrected chi connectivity index (χ2v) is 5.51. The Balaban J connectivity index is 2.43. The first kappa shape index (κ1) is 15.3. The van der Waals surface area contributed by atoms with Crippen LogP contribution >= 0.6 is 15.9 Å². The molecule has 17 heavy (non-hydrogen) atoms. The molecule has 102 valence electrons. The summed E-state index contributed by atoms with van der Waals surface area (Å²) in [7, 11) is 0. The molecule has 1 nitrogen and oxygen atoms in total. The van der Waals surface area contributed by atoms with Crippen molar-refractivity contribution in [3.05, 3.63) is 0 Å². The molecule has 1 saturated carbocycles. The number of alkyl halides is 4. The third-order valence-corrected chi connectivity index (χ3v) is 4.52. The first-order valence-corrected chi connectivity index (χ1v) is 7.29. The van der Waals surface area contributed by atoms with E-state index in [9.17, 15) is 13.2 Å². The molecule has 0 bridgehead atoms. The summed E-state index contributed by atoms with van der Waals surface area (Å²) in [6.45, 7) is 1.02. The van der Waals surface area contributed by atoms with Crippen LogP contribution in [0.2, 0.25) is 0 Å². The van der Waals surface area contributed by atoms with E-state index < -0.39 is 18.4 Å². The van der Waals surface area contributed by atoms with Crippen LogP contribution < -0.4 is 0 Å². The monoisotopic (exact) mass is 316 g/mol. The lowest BCUT2D eigenvalue weighted by atomic mass is 9.78. The Morgan fingerprint density at radius 2 is 1.88 bits per heavy atom. The Bertz CT molecular complexity index is 222. The van der Waals surface area contributed by atoms with Crippen LogP contribution in [-0.4, -0.2) is 23.7 Å². The van der Waals surface area contributed by atoms with E-state index in [-0.39, 0.29) is 0 Å². The molecule has 0 aromatic carbocycles. The summed E-state index contributed by atoms with van der Waals surface area (Å²) in [5.74, 6) is 0.668. The minimum absolute atomic E-state index is 0.495. The molecule has 0 unspecified atom stereocenters. The fourth-order valence-corrected chi connectivity index (χ4v) is 3.17. The van der Waals surface area contributed by atoms with Gasteiger partial charge in [-0.3, -0.25) is 0 Å². The van der Waals surface area contributed by atoms with E-state index in [0.29, 0.717) is 11.2 Å². The van der Waals surface area contributed by atoms with Crippen LogP contribution in [-0.2, 0) is 4.74 Å². The lowest BCUT2D eigenvalue weighted by molar-refractivity contribution is -0.207. The fraction of sp³-hybridized carbons (Fsp3) is 1.00. The van der Waals surface area contributed by atoms with E-state index in [1.807, 2.05) is 0 Å². The highest BCUT2D eigenvalue weighted by molar-refractivity contribution is 9.09. The molecule has 0 atom stereocenters. The van der Waals surface area contributed by atoms with Gasteiger partial charge in [-0.1, -0.05) is 35.7 Å². The molecule has 0 aromatic rings. The predicted octanol–water partition coefficient (Wildman–Crippen LogP) is 4.69. The van der Waals surface area contributed by atoms with E-state index in [0.717, 1.165) is 32.1 Å². The molecule has 0 amide bonds. The van der Waals surface area contributed by atoms with Crippen molar-refractivity contribution in [1.82, 2.24) is 0 Å². The van der Waals surface area contributed by atoms with Crippen molar-refractivity contribution in [2.24, 2.45) is 5.92 Å². The van der Waals surface area contributed by atoms with Crippen molar-refractivity contribution in [2.75, 3.05) is 11.9 Å². The smallest absolute Gasteiger partial charge is 0.365 e. The van der Waals surface area contributed by atoms with Gasteiger partial charge in [-0.2, -0.15) is 13.2 Å². The lowest BCUT2D eigenvalue weighted by Gasteiger charge is -2.39. The standard InChI is InChI=1S/C12H20BrF3O/c1-2-3-10-4-6-11(8-13,7-5-10)17-9-12(14,15)16/h10H,2-9H2,1H3. The molecule has 0 radical (unpaired) electrons. The highest BCUT2D eigenvalue weighted by atomic mass is 79.9. The van der Waals surface area contributed by atoms with Gasteiger partial charge in [0.1, 0.15) is 6.61 Å². The van der Waals surface area contributed by atoms with E-state index in [1.54, 1.807) is 0 Å². The quantitative estimate of drug-likeness (QED) is 0.669. The zero-order chi connectivity index (χ0) is 12.9. The maximum Gasteiger partial charge on any atom is 0.411 e. The zero-order valence-corrected chi connectivity index (χ0v) is 11.7. The van der Waals surface area contributed by atoms with Gasteiger partial charge in [-0.15, -0.1) is 0 Å². The third-order valence-electron chi connectivity index (χ3n) is 3.50. The molecule has 0 saturated heterocycles. The summed E-state index contributed by atoms with van der Waals surface area (Å²) in [4.78, 5) is 0. The van der Waals surface area contributed by atoms with Gasteiger partial charge >= 0.3 is 6.18 Å². The zero-order valence-electron chi connectivity index (χ0n) is 10.2. The van der Waals surface area contributed by atoms with Crippen LogP contribution in [0.4, 0.5) is 13.2 Å². The van der Waals surface area contributed by atoms with Gasteiger partial charge in [0.05, 0.1) is 5.60 Å². The summed E-state index contributed by atoms with van der Waals surface area (Å²) in [6, 6.07) is 0. The average molecular weight is 317 g/mol. The van der Waals surface area contributed by atoms with E-state index in [4.69, 9.17) is 4.74 Å². The normalized spacial score (nSPS) is 30.5. The SMILES string of the molecule is CCCC1CCC(CBr)(OCC(F)(F)F)CC1. The number of hydrogen-bond acceptors (Lipinski definition) is 1. The molecule has 1 aliphatic carbocycles.